The van der Waals surface area contributed by atoms with Crippen molar-refractivity contribution in [2.24, 2.45) is 4.99 Å². The molecule has 0 saturated carbocycles. The number of nitrogens with one attached hydrogen (secondary N) is 1. The van der Waals surface area contributed by atoms with Gasteiger partial charge in [0.2, 0.25) is 0 Å². The second kappa shape index (κ2) is 8.41. The number of nitrogens with zero attached hydrogens (tertiary/aromatic N) is 2. The molecule has 0 bridgehead atoms. The number of aromatic nitrogens is 1. The summed E-state index contributed by atoms with van der Waals surface area (Å²) >= 11 is 10.7. The van der Waals surface area contributed by atoms with Crippen LogP contribution in [0.2, 0.25) is 5.02 Å². The Morgan fingerprint density at radius 3 is 2.60 bits per heavy atom. The predicted molar refractivity (Wildman–Crippen MR) is 125 cm³/mol. The molecule has 3 aromatic rings. The maximum Gasteiger partial charge on any atom is 0.264 e. The minimum atomic E-state index is -0.276. The predicted octanol–water partition coefficient (Wildman–Crippen LogP) is 6.54. The molecule has 2 heterocycles. The van der Waals surface area contributed by atoms with E-state index in [9.17, 15) is 9.18 Å². The smallest absolute Gasteiger partial charge is 0.264 e. The zero-order chi connectivity index (χ0) is 21.4. The van der Waals surface area contributed by atoms with E-state index in [4.69, 9.17) is 11.6 Å². The Morgan fingerprint density at radius 2 is 1.90 bits per heavy atom. The molecule has 0 atom stereocenters. The van der Waals surface area contributed by atoms with Crippen molar-refractivity contribution in [3.8, 4) is 5.69 Å². The van der Waals surface area contributed by atoms with Crippen LogP contribution < -0.4 is 5.32 Å². The van der Waals surface area contributed by atoms with Crippen LogP contribution in [0.4, 0.5) is 10.1 Å². The third-order valence-electron chi connectivity index (χ3n) is 4.63. The van der Waals surface area contributed by atoms with Crippen molar-refractivity contribution >= 4 is 62.1 Å². The number of carbonyl (C=O) groups is 1. The molecule has 0 radical (unpaired) electrons. The molecule has 0 unspecified atom stereocenters. The van der Waals surface area contributed by atoms with E-state index >= 15 is 0 Å². The number of aliphatic imine (C=N–C) groups is 1. The van der Waals surface area contributed by atoms with Gasteiger partial charge in [-0.05, 0) is 102 Å². The Hall–Kier alpha value is -2.35. The highest BCUT2D eigenvalue weighted by Gasteiger charge is 2.24. The quantitative estimate of drug-likeness (QED) is 0.412. The molecule has 1 N–H and O–H groups in total. The van der Waals surface area contributed by atoms with Crippen LogP contribution in [-0.2, 0) is 4.79 Å². The van der Waals surface area contributed by atoms with E-state index in [0.29, 0.717) is 20.8 Å². The molecule has 4 rings (SSSR count). The number of thioether (sulfide) groups is 1. The number of carbonyl (C=O) groups excluding carboxylic acids is 1. The lowest BCUT2D eigenvalue weighted by Crippen LogP contribution is -2.19. The molecule has 1 aliphatic rings. The number of halogens is 3. The average molecular weight is 505 g/mol. The summed E-state index contributed by atoms with van der Waals surface area (Å²) in [7, 11) is 0. The highest BCUT2D eigenvalue weighted by atomic mass is 79.9. The zero-order valence-corrected chi connectivity index (χ0v) is 19.2. The Kier molecular flexibility index (Phi) is 5.86. The van der Waals surface area contributed by atoms with Crippen LogP contribution in [-0.4, -0.2) is 15.6 Å². The van der Waals surface area contributed by atoms with E-state index < -0.39 is 0 Å². The van der Waals surface area contributed by atoms with Crippen molar-refractivity contribution < 1.29 is 9.18 Å². The fourth-order valence-electron chi connectivity index (χ4n) is 3.21. The lowest BCUT2D eigenvalue weighted by atomic mass is 10.2. The first-order chi connectivity index (χ1) is 14.3. The number of aryl methyl sites for hydroxylation is 1. The SMILES string of the molecule is Cc1cc(/C=C2\SC(=Nc3ccc(Br)c(Cl)c3)NC2=O)c(C)n1-c1ccc(F)cc1. The summed E-state index contributed by atoms with van der Waals surface area (Å²) in [5.41, 5.74) is 4.40. The van der Waals surface area contributed by atoms with Crippen molar-refractivity contribution in [2.75, 3.05) is 0 Å². The number of hydrogen-bond acceptors (Lipinski definition) is 3. The summed E-state index contributed by atoms with van der Waals surface area (Å²) in [5, 5.41) is 3.84. The molecular weight excluding hydrogens is 489 g/mol. The van der Waals surface area contributed by atoms with Gasteiger partial charge in [0.25, 0.3) is 5.91 Å². The summed E-state index contributed by atoms with van der Waals surface area (Å²) in [6, 6.07) is 13.7. The van der Waals surface area contributed by atoms with E-state index in [1.165, 1.54) is 23.9 Å². The molecule has 152 valence electrons. The first-order valence-electron chi connectivity index (χ1n) is 9.01. The van der Waals surface area contributed by atoms with Crippen LogP contribution in [0, 0.1) is 19.7 Å². The third kappa shape index (κ3) is 4.24. The monoisotopic (exact) mass is 503 g/mol. The Bertz CT molecular complexity index is 1220. The number of amides is 1. The van der Waals surface area contributed by atoms with E-state index in [2.05, 4.69) is 26.2 Å². The van der Waals surface area contributed by atoms with Gasteiger partial charge in [0.1, 0.15) is 5.82 Å². The molecule has 8 heteroatoms. The Morgan fingerprint density at radius 1 is 1.17 bits per heavy atom. The molecule has 4 nitrogen and oxygen atoms in total. The summed E-state index contributed by atoms with van der Waals surface area (Å²) in [6.07, 6.45) is 1.85. The highest BCUT2D eigenvalue weighted by molar-refractivity contribution is 9.10. The lowest BCUT2D eigenvalue weighted by molar-refractivity contribution is -0.115. The van der Waals surface area contributed by atoms with Gasteiger partial charge in [0.15, 0.2) is 5.17 Å². The van der Waals surface area contributed by atoms with Gasteiger partial charge in [-0.3, -0.25) is 4.79 Å². The van der Waals surface area contributed by atoms with Crippen molar-refractivity contribution in [1.29, 1.82) is 0 Å². The van der Waals surface area contributed by atoms with Crippen molar-refractivity contribution in [3.05, 3.63) is 85.7 Å². The molecular formula is C22H16BrClFN3OS. The first-order valence-corrected chi connectivity index (χ1v) is 11.0. The van der Waals surface area contributed by atoms with Crippen LogP contribution in [0.15, 0.2) is 62.9 Å². The number of rotatable bonds is 3. The zero-order valence-electron chi connectivity index (χ0n) is 16.0. The lowest BCUT2D eigenvalue weighted by Gasteiger charge is -2.09. The fourth-order valence-corrected chi connectivity index (χ4v) is 4.47. The van der Waals surface area contributed by atoms with Gasteiger partial charge in [0.05, 0.1) is 15.6 Å². The number of benzene rings is 2. The van der Waals surface area contributed by atoms with Gasteiger partial charge in [-0.1, -0.05) is 11.6 Å². The molecule has 1 aliphatic heterocycles. The van der Waals surface area contributed by atoms with E-state index in [0.717, 1.165) is 27.1 Å². The van der Waals surface area contributed by atoms with Gasteiger partial charge in [-0.2, -0.15) is 0 Å². The van der Waals surface area contributed by atoms with Gasteiger partial charge >= 0.3 is 0 Å². The number of amidine groups is 1. The third-order valence-corrected chi connectivity index (χ3v) is 6.77. The Balaban J connectivity index is 1.63. The fraction of sp³-hybridized carbons (Fsp3) is 0.0909. The molecule has 1 fully saturated rings. The van der Waals surface area contributed by atoms with E-state index in [1.807, 2.05) is 42.7 Å². The van der Waals surface area contributed by atoms with Crippen LogP contribution in [0.25, 0.3) is 11.8 Å². The molecule has 0 spiro atoms. The standard InChI is InChI=1S/C22H16BrClFN3OS/c1-12-9-14(13(2)28(12)17-6-3-15(25)4-7-17)10-20-21(29)27-22(30-20)26-16-5-8-18(23)19(24)11-16/h3-11H,1-2H3,(H,26,27,29)/b20-10-. The van der Waals surface area contributed by atoms with Crippen LogP contribution in [0.5, 0.6) is 0 Å². The number of hydrogen-bond donors (Lipinski definition) is 1. The van der Waals surface area contributed by atoms with Crippen molar-refractivity contribution in [3.63, 3.8) is 0 Å². The molecule has 2 aromatic carbocycles. The second-order valence-corrected chi connectivity index (χ2v) is 9.01. The Labute approximate surface area is 191 Å². The van der Waals surface area contributed by atoms with Gasteiger partial charge in [-0.15, -0.1) is 0 Å². The minimum Gasteiger partial charge on any atom is -0.318 e. The van der Waals surface area contributed by atoms with E-state index in [1.54, 1.807) is 18.2 Å². The summed E-state index contributed by atoms with van der Waals surface area (Å²) < 4.78 is 16.1. The normalized spacial score (nSPS) is 16.5. The first kappa shape index (κ1) is 20.9. The van der Waals surface area contributed by atoms with Gasteiger partial charge < -0.3 is 9.88 Å². The average Bonchev–Trinajstić information content (AvgIpc) is 3.18. The highest BCUT2D eigenvalue weighted by Crippen LogP contribution is 2.32. The summed E-state index contributed by atoms with van der Waals surface area (Å²) in [4.78, 5) is 17.5. The molecule has 30 heavy (non-hydrogen) atoms. The summed E-state index contributed by atoms with van der Waals surface area (Å²) in [6.45, 7) is 3.95. The van der Waals surface area contributed by atoms with Crippen LogP contribution in [0.1, 0.15) is 17.0 Å². The molecule has 1 aromatic heterocycles. The van der Waals surface area contributed by atoms with Crippen LogP contribution >= 0.6 is 39.3 Å². The van der Waals surface area contributed by atoms with Gasteiger partial charge in [0, 0.05) is 21.5 Å². The minimum absolute atomic E-state index is 0.200. The topological polar surface area (TPSA) is 46.4 Å². The van der Waals surface area contributed by atoms with Crippen LogP contribution in [0.3, 0.4) is 0 Å². The van der Waals surface area contributed by atoms with Crippen molar-refractivity contribution in [1.82, 2.24) is 9.88 Å². The maximum absolute atomic E-state index is 13.3. The maximum atomic E-state index is 13.3. The van der Waals surface area contributed by atoms with Crippen molar-refractivity contribution in [2.45, 2.75) is 13.8 Å². The molecule has 1 amide bonds. The largest absolute Gasteiger partial charge is 0.318 e. The van der Waals surface area contributed by atoms with E-state index in [-0.39, 0.29) is 11.7 Å². The summed E-state index contributed by atoms with van der Waals surface area (Å²) in [5.74, 6) is -0.477. The second-order valence-electron chi connectivity index (χ2n) is 6.72. The molecule has 0 aliphatic carbocycles. The molecule has 1 saturated heterocycles. The van der Waals surface area contributed by atoms with Gasteiger partial charge in [-0.25, -0.2) is 9.38 Å².